The number of β-amino-alcohol motifs (C(OH)–C–C–N with tert-alkyl or cyclic N) is 1. The summed E-state index contributed by atoms with van der Waals surface area (Å²) in [4.78, 5) is 5.52. The van der Waals surface area contributed by atoms with Gasteiger partial charge in [0.05, 0.1) is 18.0 Å². The van der Waals surface area contributed by atoms with E-state index < -0.39 is 5.82 Å². The fourth-order valence-corrected chi connectivity index (χ4v) is 1.31. The number of pyridine rings is 1. The van der Waals surface area contributed by atoms with Crippen LogP contribution in [0.4, 0.5) is 15.9 Å². The molecule has 1 aromatic rings. The van der Waals surface area contributed by atoms with E-state index in [1.165, 1.54) is 12.3 Å². The van der Waals surface area contributed by atoms with Crippen LogP contribution in [0.15, 0.2) is 12.3 Å². The predicted octanol–water partition coefficient (Wildman–Crippen LogP) is -0.0162. The molecule has 1 saturated heterocycles. The first-order valence-electron chi connectivity index (χ1n) is 4.01. The van der Waals surface area contributed by atoms with Crippen molar-refractivity contribution < 1.29 is 9.50 Å². The van der Waals surface area contributed by atoms with Crippen molar-refractivity contribution in [2.75, 3.05) is 23.7 Å². The number of hydrogen-bond acceptors (Lipinski definition) is 4. The van der Waals surface area contributed by atoms with Gasteiger partial charge in [-0.15, -0.1) is 0 Å². The van der Waals surface area contributed by atoms with Crippen LogP contribution in [0.2, 0.25) is 0 Å². The van der Waals surface area contributed by atoms with Crippen LogP contribution in [0.25, 0.3) is 0 Å². The van der Waals surface area contributed by atoms with E-state index in [9.17, 15) is 4.39 Å². The Morgan fingerprint density at radius 2 is 2.31 bits per heavy atom. The Morgan fingerprint density at radius 1 is 1.62 bits per heavy atom. The molecule has 0 radical (unpaired) electrons. The number of halogens is 1. The summed E-state index contributed by atoms with van der Waals surface area (Å²) in [6.45, 7) is 0.877. The Balaban J connectivity index is 2.21. The molecule has 0 saturated carbocycles. The van der Waals surface area contributed by atoms with Gasteiger partial charge in [-0.3, -0.25) is 0 Å². The number of nitrogens with two attached hydrogens (primary N) is 1. The second-order valence-electron chi connectivity index (χ2n) is 3.13. The molecule has 1 aliphatic heterocycles. The Labute approximate surface area is 74.8 Å². The van der Waals surface area contributed by atoms with Crippen LogP contribution in [0.5, 0.6) is 0 Å². The molecule has 0 unspecified atom stereocenters. The highest BCUT2D eigenvalue weighted by molar-refractivity contribution is 5.49. The van der Waals surface area contributed by atoms with Gasteiger partial charge in [0.2, 0.25) is 0 Å². The quantitative estimate of drug-likeness (QED) is 0.642. The minimum atomic E-state index is -0.438. The van der Waals surface area contributed by atoms with Gasteiger partial charge in [-0.25, -0.2) is 9.37 Å². The molecule has 0 aliphatic carbocycles. The molecule has 1 aliphatic rings. The zero-order chi connectivity index (χ0) is 9.42. The van der Waals surface area contributed by atoms with Crippen LogP contribution in [-0.4, -0.2) is 29.3 Å². The Bertz CT molecular complexity index is 325. The summed E-state index contributed by atoms with van der Waals surface area (Å²) in [7, 11) is 0. The third-order valence-electron chi connectivity index (χ3n) is 2.00. The van der Waals surface area contributed by atoms with Crippen molar-refractivity contribution in [3.05, 3.63) is 18.1 Å². The largest absolute Gasteiger partial charge is 0.397 e. The van der Waals surface area contributed by atoms with E-state index in [2.05, 4.69) is 4.98 Å². The maximum absolute atomic E-state index is 13.2. The van der Waals surface area contributed by atoms with Gasteiger partial charge >= 0.3 is 0 Å². The zero-order valence-corrected chi connectivity index (χ0v) is 6.94. The van der Waals surface area contributed by atoms with Crippen molar-refractivity contribution in [1.29, 1.82) is 0 Å². The number of aliphatic hydroxyl groups excluding tert-OH is 1. The average molecular weight is 183 g/mol. The van der Waals surface area contributed by atoms with E-state index in [0.717, 1.165) is 0 Å². The molecule has 3 N–H and O–H groups in total. The highest BCUT2D eigenvalue weighted by Gasteiger charge is 2.27. The minimum Gasteiger partial charge on any atom is -0.397 e. The van der Waals surface area contributed by atoms with Gasteiger partial charge in [0.15, 0.2) is 11.6 Å². The van der Waals surface area contributed by atoms with Crippen molar-refractivity contribution in [3.8, 4) is 0 Å². The Kier molecular flexibility index (Phi) is 1.81. The molecular formula is C8H10FN3O. The van der Waals surface area contributed by atoms with Gasteiger partial charge in [0.1, 0.15) is 0 Å². The van der Waals surface area contributed by atoms with Crippen molar-refractivity contribution >= 4 is 11.5 Å². The van der Waals surface area contributed by atoms with Crippen LogP contribution in [0, 0.1) is 5.82 Å². The van der Waals surface area contributed by atoms with Gasteiger partial charge in [-0.05, 0) is 0 Å². The SMILES string of the molecule is Nc1cnc(N2CC(O)C2)c(F)c1. The molecule has 0 spiro atoms. The lowest BCUT2D eigenvalue weighted by molar-refractivity contribution is 0.140. The number of rotatable bonds is 1. The molecule has 0 aromatic carbocycles. The van der Waals surface area contributed by atoms with E-state index in [1.54, 1.807) is 4.90 Å². The topological polar surface area (TPSA) is 62.4 Å². The number of aromatic nitrogens is 1. The normalized spacial score (nSPS) is 17.2. The van der Waals surface area contributed by atoms with Crippen LogP contribution < -0.4 is 10.6 Å². The van der Waals surface area contributed by atoms with Crippen molar-refractivity contribution in [3.63, 3.8) is 0 Å². The number of nitrogens with zero attached hydrogens (tertiary/aromatic N) is 2. The molecular weight excluding hydrogens is 173 g/mol. The van der Waals surface area contributed by atoms with E-state index in [4.69, 9.17) is 10.8 Å². The third kappa shape index (κ3) is 1.42. The molecule has 4 nitrogen and oxygen atoms in total. The zero-order valence-electron chi connectivity index (χ0n) is 6.94. The average Bonchev–Trinajstić information content (AvgIpc) is 2.00. The minimum absolute atomic E-state index is 0.263. The third-order valence-corrected chi connectivity index (χ3v) is 2.00. The second kappa shape index (κ2) is 2.85. The van der Waals surface area contributed by atoms with Gasteiger partial charge in [-0.2, -0.15) is 0 Å². The molecule has 70 valence electrons. The molecule has 5 heteroatoms. The molecule has 1 aromatic heterocycles. The van der Waals surface area contributed by atoms with Crippen molar-refractivity contribution in [1.82, 2.24) is 4.98 Å². The summed E-state index contributed by atoms with van der Waals surface area (Å²) in [6.07, 6.45) is 1.04. The smallest absolute Gasteiger partial charge is 0.167 e. The monoisotopic (exact) mass is 183 g/mol. The van der Waals surface area contributed by atoms with Gasteiger partial charge in [0.25, 0.3) is 0 Å². The van der Waals surface area contributed by atoms with Crippen molar-refractivity contribution in [2.45, 2.75) is 6.10 Å². The van der Waals surface area contributed by atoms with E-state index in [0.29, 0.717) is 18.8 Å². The molecule has 2 heterocycles. The molecule has 0 atom stereocenters. The first-order chi connectivity index (χ1) is 6.16. The summed E-state index contributed by atoms with van der Waals surface area (Å²) in [5.74, 6) is -0.175. The summed E-state index contributed by atoms with van der Waals surface area (Å²) in [5, 5.41) is 9.01. The summed E-state index contributed by atoms with van der Waals surface area (Å²) in [6, 6.07) is 1.23. The Morgan fingerprint density at radius 3 is 2.85 bits per heavy atom. The number of nitrogen functional groups attached to an aromatic ring is 1. The van der Waals surface area contributed by atoms with Crippen LogP contribution in [-0.2, 0) is 0 Å². The first-order valence-corrected chi connectivity index (χ1v) is 4.01. The number of aliphatic hydroxyl groups is 1. The molecule has 13 heavy (non-hydrogen) atoms. The van der Waals surface area contributed by atoms with Gasteiger partial charge in [-0.1, -0.05) is 0 Å². The fourth-order valence-electron chi connectivity index (χ4n) is 1.31. The van der Waals surface area contributed by atoms with E-state index in [-0.39, 0.29) is 11.9 Å². The maximum Gasteiger partial charge on any atom is 0.167 e. The van der Waals surface area contributed by atoms with Gasteiger partial charge < -0.3 is 15.7 Å². The summed E-state index contributed by atoms with van der Waals surface area (Å²) < 4.78 is 13.2. The van der Waals surface area contributed by atoms with Crippen LogP contribution in [0.3, 0.4) is 0 Å². The highest BCUT2D eigenvalue weighted by atomic mass is 19.1. The number of anilines is 2. The maximum atomic E-state index is 13.2. The van der Waals surface area contributed by atoms with Crippen molar-refractivity contribution in [2.24, 2.45) is 0 Å². The van der Waals surface area contributed by atoms with E-state index in [1.807, 2.05) is 0 Å². The van der Waals surface area contributed by atoms with Crippen LogP contribution >= 0.6 is 0 Å². The van der Waals surface area contributed by atoms with Gasteiger partial charge in [0, 0.05) is 19.2 Å². The molecule has 2 rings (SSSR count). The molecule has 0 amide bonds. The lowest BCUT2D eigenvalue weighted by Crippen LogP contribution is -2.51. The Hall–Kier alpha value is -1.36. The molecule has 0 bridgehead atoms. The lowest BCUT2D eigenvalue weighted by atomic mass is 10.1. The summed E-state index contributed by atoms with van der Waals surface area (Å²) >= 11 is 0. The standard InChI is InChI=1S/C8H10FN3O/c9-7-1-5(10)2-11-8(7)12-3-6(13)4-12/h1-2,6,13H,3-4,10H2. The highest BCUT2D eigenvalue weighted by Crippen LogP contribution is 2.22. The van der Waals surface area contributed by atoms with E-state index >= 15 is 0 Å². The van der Waals surface area contributed by atoms with Crippen LogP contribution in [0.1, 0.15) is 0 Å². The lowest BCUT2D eigenvalue weighted by Gasteiger charge is -2.36. The predicted molar refractivity (Wildman–Crippen MR) is 46.8 cm³/mol. The molecule has 1 fully saturated rings. The summed E-state index contributed by atoms with van der Waals surface area (Å²) in [5.41, 5.74) is 5.65. The number of hydrogen-bond donors (Lipinski definition) is 2. The fraction of sp³-hybridized carbons (Fsp3) is 0.375. The first kappa shape index (κ1) is 8.25. The second-order valence-corrected chi connectivity index (χ2v) is 3.13.